The molecule has 0 saturated heterocycles. The third-order valence-corrected chi connectivity index (χ3v) is 2.51. The van der Waals surface area contributed by atoms with Gasteiger partial charge in [-0.3, -0.25) is 0 Å². The third kappa shape index (κ3) is 4.16. The quantitative estimate of drug-likeness (QED) is 0.731. The normalized spacial score (nSPS) is 9.25. The molecule has 0 unspecified atom stereocenters. The van der Waals surface area contributed by atoms with Crippen LogP contribution in [-0.4, -0.2) is 12.6 Å². The van der Waals surface area contributed by atoms with Crippen LogP contribution in [-0.2, 0) is 0 Å². The molecule has 0 radical (unpaired) electrons. The summed E-state index contributed by atoms with van der Waals surface area (Å²) in [6.07, 6.45) is 0. The second kappa shape index (κ2) is 6.98. The smallest absolute Gasteiger partial charge is 0.320 e. The Bertz CT molecular complexity index is 624. The molecule has 0 aliphatic carbocycles. The van der Waals surface area contributed by atoms with Crippen molar-refractivity contribution in [1.29, 1.82) is 0 Å². The van der Waals surface area contributed by atoms with Gasteiger partial charge in [0.25, 0.3) is 0 Å². The van der Waals surface area contributed by atoms with Crippen molar-refractivity contribution >= 4 is 17.4 Å². The minimum absolute atomic E-state index is 0.281. The average molecular weight is 265 g/mol. The molecule has 0 atom stereocenters. The molecule has 4 heteroatoms. The molecular weight excluding hydrogens is 250 g/mol. The molecule has 0 aliphatic rings. The van der Waals surface area contributed by atoms with Gasteiger partial charge in [0, 0.05) is 16.9 Å². The van der Waals surface area contributed by atoms with Crippen LogP contribution in [0.25, 0.3) is 0 Å². The maximum absolute atomic E-state index is 11.8. The summed E-state index contributed by atoms with van der Waals surface area (Å²) in [5.74, 6) is 5.70. The maximum atomic E-state index is 11.8. The zero-order valence-corrected chi connectivity index (χ0v) is 10.9. The number of carbonyl (C=O) groups is 1. The molecule has 20 heavy (non-hydrogen) atoms. The van der Waals surface area contributed by atoms with Crippen LogP contribution in [0.5, 0.6) is 0 Å². The van der Waals surface area contributed by atoms with Gasteiger partial charge in [0.05, 0.1) is 6.54 Å². The lowest BCUT2D eigenvalue weighted by molar-refractivity contribution is 0.262. The van der Waals surface area contributed by atoms with Crippen LogP contribution in [0.1, 0.15) is 5.56 Å². The number of hydrogen-bond acceptors (Lipinski definition) is 2. The van der Waals surface area contributed by atoms with Crippen molar-refractivity contribution in [2.24, 2.45) is 5.73 Å². The van der Waals surface area contributed by atoms with E-state index in [2.05, 4.69) is 22.5 Å². The molecule has 2 aromatic rings. The summed E-state index contributed by atoms with van der Waals surface area (Å²) in [4.78, 5) is 11.8. The van der Waals surface area contributed by atoms with Crippen molar-refractivity contribution < 1.29 is 4.79 Å². The number of amides is 2. The third-order valence-electron chi connectivity index (χ3n) is 2.51. The summed E-state index contributed by atoms with van der Waals surface area (Å²) in [6, 6.07) is 16.2. The minimum Gasteiger partial charge on any atom is -0.320 e. The van der Waals surface area contributed by atoms with Crippen LogP contribution < -0.4 is 16.4 Å². The monoisotopic (exact) mass is 265 g/mol. The van der Waals surface area contributed by atoms with E-state index in [-0.39, 0.29) is 6.03 Å². The van der Waals surface area contributed by atoms with E-state index in [0.29, 0.717) is 12.2 Å². The Balaban J connectivity index is 1.94. The Kier molecular flexibility index (Phi) is 4.76. The molecule has 0 spiro atoms. The number of rotatable bonds is 2. The van der Waals surface area contributed by atoms with Crippen molar-refractivity contribution in [3.8, 4) is 11.8 Å². The Morgan fingerprint density at radius 3 is 2.15 bits per heavy atom. The predicted molar refractivity (Wildman–Crippen MR) is 81.5 cm³/mol. The number of nitrogens with one attached hydrogen (secondary N) is 2. The summed E-state index contributed by atoms with van der Waals surface area (Å²) in [5.41, 5.74) is 7.62. The van der Waals surface area contributed by atoms with Crippen LogP contribution in [0.2, 0.25) is 0 Å². The summed E-state index contributed by atoms with van der Waals surface area (Å²) in [7, 11) is 0. The van der Waals surface area contributed by atoms with Crippen molar-refractivity contribution in [1.82, 2.24) is 0 Å². The number of anilines is 2. The number of carbonyl (C=O) groups excluding carboxylic acids is 1. The highest BCUT2D eigenvalue weighted by Crippen LogP contribution is 2.10. The van der Waals surface area contributed by atoms with Gasteiger partial charge in [-0.25, -0.2) is 4.79 Å². The van der Waals surface area contributed by atoms with Crippen LogP contribution in [0.4, 0.5) is 16.2 Å². The van der Waals surface area contributed by atoms with Crippen molar-refractivity contribution in [3.05, 3.63) is 60.2 Å². The van der Waals surface area contributed by atoms with Crippen LogP contribution in [0.15, 0.2) is 54.6 Å². The second-order valence-corrected chi connectivity index (χ2v) is 4.03. The van der Waals surface area contributed by atoms with Gasteiger partial charge in [-0.05, 0) is 36.4 Å². The number of para-hydroxylation sites is 1. The van der Waals surface area contributed by atoms with Gasteiger partial charge in [-0.15, -0.1) is 0 Å². The largest absolute Gasteiger partial charge is 0.323 e. The Morgan fingerprint density at radius 2 is 1.55 bits per heavy atom. The van der Waals surface area contributed by atoms with E-state index in [4.69, 9.17) is 5.73 Å². The van der Waals surface area contributed by atoms with Gasteiger partial charge in [-0.2, -0.15) is 0 Å². The average Bonchev–Trinajstić information content (AvgIpc) is 2.47. The highest BCUT2D eigenvalue weighted by Gasteiger charge is 2.01. The van der Waals surface area contributed by atoms with E-state index in [9.17, 15) is 4.79 Å². The fourth-order valence-electron chi connectivity index (χ4n) is 1.60. The number of nitrogens with two attached hydrogens (primary N) is 1. The summed E-state index contributed by atoms with van der Waals surface area (Å²) in [5, 5.41) is 5.50. The van der Waals surface area contributed by atoms with Crippen molar-refractivity contribution in [2.45, 2.75) is 0 Å². The topological polar surface area (TPSA) is 67.1 Å². The van der Waals surface area contributed by atoms with Gasteiger partial charge in [0.2, 0.25) is 0 Å². The predicted octanol–water partition coefficient (Wildman–Crippen LogP) is 2.64. The molecule has 2 rings (SSSR count). The minimum atomic E-state index is -0.281. The lowest BCUT2D eigenvalue weighted by Crippen LogP contribution is -2.19. The first-order chi connectivity index (χ1) is 9.78. The number of hydrogen-bond donors (Lipinski definition) is 3. The maximum Gasteiger partial charge on any atom is 0.323 e. The Hall–Kier alpha value is -2.77. The molecular formula is C16H15N3O. The molecule has 100 valence electrons. The fourth-order valence-corrected chi connectivity index (χ4v) is 1.60. The Labute approximate surface area is 118 Å². The zero-order valence-electron chi connectivity index (χ0n) is 10.9. The molecule has 0 fully saturated rings. The van der Waals surface area contributed by atoms with Gasteiger partial charge in [0.15, 0.2) is 0 Å². The molecule has 0 saturated carbocycles. The molecule has 2 aromatic carbocycles. The van der Waals surface area contributed by atoms with Gasteiger partial charge in [0.1, 0.15) is 0 Å². The number of urea groups is 1. The highest BCUT2D eigenvalue weighted by atomic mass is 16.2. The Morgan fingerprint density at radius 1 is 0.950 bits per heavy atom. The lowest BCUT2D eigenvalue weighted by Gasteiger charge is -2.07. The van der Waals surface area contributed by atoms with E-state index in [1.54, 1.807) is 12.1 Å². The van der Waals surface area contributed by atoms with E-state index in [1.165, 1.54) is 0 Å². The summed E-state index contributed by atoms with van der Waals surface area (Å²) in [6.45, 7) is 0.333. The lowest BCUT2D eigenvalue weighted by atomic mass is 10.2. The summed E-state index contributed by atoms with van der Waals surface area (Å²) >= 11 is 0. The van der Waals surface area contributed by atoms with Crippen LogP contribution in [0, 0.1) is 11.8 Å². The van der Waals surface area contributed by atoms with Gasteiger partial charge < -0.3 is 16.4 Å². The number of benzene rings is 2. The van der Waals surface area contributed by atoms with E-state index in [0.717, 1.165) is 11.3 Å². The molecule has 0 aromatic heterocycles. The van der Waals surface area contributed by atoms with E-state index in [1.807, 2.05) is 42.5 Å². The van der Waals surface area contributed by atoms with Crippen LogP contribution in [0.3, 0.4) is 0 Å². The molecule has 4 nitrogen and oxygen atoms in total. The fraction of sp³-hybridized carbons (Fsp3) is 0.0625. The van der Waals surface area contributed by atoms with E-state index >= 15 is 0 Å². The molecule has 2 amide bonds. The molecule has 0 bridgehead atoms. The first kappa shape index (κ1) is 13.7. The van der Waals surface area contributed by atoms with E-state index < -0.39 is 0 Å². The van der Waals surface area contributed by atoms with Crippen molar-refractivity contribution in [2.75, 3.05) is 17.2 Å². The summed E-state index contributed by atoms with van der Waals surface area (Å²) < 4.78 is 0. The highest BCUT2D eigenvalue weighted by molar-refractivity contribution is 5.99. The standard InChI is InChI=1S/C16H15N3O/c17-12-4-5-13-8-10-15(11-9-13)19-16(20)18-14-6-2-1-3-7-14/h1-3,6-11H,12,17H2,(H2,18,19,20). The first-order valence-corrected chi connectivity index (χ1v) is 6.20. The van der Waals surface area contributed by atoms with Gasteiger partial charge in [-0.1, -0.05) is 30.0 Å². The molecule has 0 heterocycles. The van der Waals surface area contributed by atoms with Crippen molar-refractivity contribution in [3.63, 3.8) is 0 Å². The first-order valence-electron chi connectivity index (χ1n) is 6.20. The van der Waals surface area contributed by atoms with Crippen LogP contribution >= 0.6 is 0 Å². The SMILES string of the molecule is NCC#Cc1ccc(NC(=O)Nc2ccccc2)cc1. The van der Waals surface area contributed by atoms with Gasteiger partial charge >= 0.3 is 6.03 Å². The zero-order chi connectivity index (χ0) is 14.2. The second-order valence-electron chi connectivity index (χ2n) is 4.03. The molecule has 4 N–H and O–H groups in total. The molecule has 0 aliphatic heterocycles.